The van der Waals surface area contributed by atoms with Crippen molar-refractivity contribution in [1.82, 2.24) is 15.3 Å². The molecule has 0 spiro atoms. The third kappa shape index (κ3) is 3.78. The Balaban J connectivity index is 1.38. The van der Waals surface area contributed by atoms with Gasteiger partial charge in [0, 0.05) is 18.9 Å². The molecule has 21 heavy (non-hydrogen) atoms. The van der Waals surface area contributed by atoms with Crippen LogP contribution >= 0.6 is 0 Å². The Morgan fingerprint density at radius 2 is 2.00 bits per heavy atom. The van der Waals surface area contributed by atoms with E-state index in [9.17, 15) is 4.79 Å². The summed E-state index contributed by atoms with van der Waals surface area (Å²) in [4.78, 5) is 19.7. The number of carbonyl (C=O) groups excluding carboxylic acids is 1. The van der Waals surface area contributed by atoms with E-state index < -0.39 is 0 Å². The highest BCUT2D eigenvalue weighted by Crippen LogP contribution is 2.46. The molecule has 1 fully saturated rings. The van der Waals surface area contributed by atoms with E-state index in [0.717, 1.165) is 17.5 Å². The number of amides is 1. The Bertz CT molecular complexity index is 589. The van der Waals surface area contributed by atoms with Gasteiger partial charge < -0.3 is 10.1 Å². The van der Waals surface area contributed by atoms with Gasteiger partial charge in [-0.05, 0) is 29.4 Å². The van der Waals surface area contributed by atoms with Gasteiger partial charge in [0.1, 0.15) is 12.9 Å². The molecule has 1 N–H and O–H groups in total. The number of nitrogens with zero attached hydrogens (tertiary/aromatic N) is 2. The number of hydrogen-bond donors (Lipinski definition) is 1. The van der Waals surface area contributed by atoms with Gasteiger partial charge in [0.05, 0.1) is 0 Å². The number of benzene rings is 1. The van der Waals surface area contributed by atoms with Crippen LogP contribution in [0.4, 0.5) is 4.79 Å². The number of hydrogen-bond acceptors (Lipinski definition) is 4. The van der Waals surface area contributed by atoms with Crippen LogP contribution < -0.4 is 5.32 Å². The van der Waals surface area contributed by atoms with Gasteiger partial charge in [-0.2, -0.15) is 0 Å². The second-order valence-corrected chi connectivity index (χ2v) is 5.22. The van der Waals surface area contributed by atoms with Crippen LogP contribution in [0.2, 0.25) is 0 Å². The number of nitrogens with one attached hydrogen (secondary N) is 1. The Hall–Kier alpha value is -2.43. The van der Waals surface area contributed by atoms with Crippen LogP contribution in [-0.4, -0.2) is 22.6 Å². The number of carbonyl (C=O) groups is 1. The van der Waals surface area contributed by atoms with Crippen molar-refractivity contribution in [3.05, 3.63) is 60.2 Å². The van der Waals surface area contributed by atoms with Crippen LogP contribution in [0.5, 0.6) is 0 Å². The third-order valence-electron chi connectivity index (χ3n) is 3.65. The van der Waals surface area contributed by atoms with Gasteiger partial charge in [-0.3, -0.25) is 0 Å². The minimum absolute atomic E-state index is 0.299. The Morgan fingerprint density at radius 3 is 2.76 bits per heavy atom. The van der Waals surface area contributed by atoms with Crippen LogP contribution in [0.1, 0.15) is 23.5 Å². The van der Waals surface area contributed by atoms with Gasteiger partial charge in [0.15, 0.2) is 0 Å². The van der Waals surface area contributed by atoms with Crippen molar-refractivity contribution in [3.8, 4) is 0 Å². The van der Waals surface area contributed by atoms with Gasteiger partial charge in [-0.15, -0.1) is 0 Å². The molecule has 0 aliphatic heterocycles. The fourth-order valence-corrected chi connectivity index (χ4v) is 2.37. The van der Waals surface area contributed by atoms with E-state index in [1.165, 1.54) is 6.33 Å². The van der Waals surface area contributed by atoms with E-state index in [-0.39, 0.29) is 6.09 Å². The smallest absolute Gasteiger partial charge is 0.407 e. The quantitative estimate of drug-likeness (QED) is 0.915. The minimum Gasteiger partial charge on any atom is -0.445 e. The van der Waals surface area contributed by atoms with Gasteiger partial charge in [-0.1, -0.05) is 30.3 Å². The van der Waals surface area contributed by atoms with E-state index in [2.05, 4.69) is 15.3 Å². The number of rotatable bonds is 5. The van der Waals surface area contributed by atoms with Crippen molar-refractivity contribution in [2.45, 2.75) is 18.9 Å². The lowest BCUT2D eigenvalue weighted by Crippen LogP contribution is -2.26. The third-order valence-corrected chi connectivity index (χ3v) is 3.65. The van der Waals surface area contributed by atoms with Crippen molar-refractivity contribution in [2.24, 2.45) is 5.92 Å². The fraction of sp³-hybridized carbons (Fsp3) is 0.312. The molecule has 0 radical (unpaired) electrons. The molecule has 5 nitrogen and oxygen atoms in total. The molecule has 0 unspecified atom stereocenters. The predicted molar refractivity (Wildman–Crippen MR) is 77.5 cm³/mol. The lowest BCUT2D eigenvalue weighted by Gasteiger charge is -2.06. The van der Waals surface area contributed by atoms with E-state index >= 15 is 0 Å². The molecule has 1 aromatic heterocycles. The van der Waals surface area contributed by atoms with E-state index in [0.29, 0.717) is 25.0 Å². The standard InChI is InChI=1S/C16H17N3O2/c20-16(21-10-12-4-2-1-3-5-12)19-9-13-6-15(13)14-7-17-11-18-8-14/h1-5,7-8,11,13,15H,6,9-10H2,(H,19,20)/t13-,15+/m1/s1. The van der Waals surface area contributed by atoms with Crippen LogP contribution in [0.15, 0.2) is 49.1 Å². The summed E-state index contributed by atoms with van der Waals surface area (Å²) in [6.45, 7) is 0.931. The van der Waals surface area contributed by atoms with Crippen molar-refractivity contribution in [3.63, 3.8) is 0 Å². The lowest BCUT2D eigenvalue weighted by molar-refractivity contribution is 0.139. The Morgan fingerprint density at radius 1 is 1.24 bits per heavy atom. The van der Waals surface area contributed by atoms with Gasteiger partial charge >= 0.3 is 6.09 Å². The maximum absolute atomic E-state index is 11.6. The molecule has 0 bridgehead atoms. The first kappa shape index (κ1) is 13.5. The fourth-order valence-electron chi connectivity index (χ4n) is 2.37. The van der Waals surface area contributed by atoms with Crippen LogP contribution in [-0.2, 0) is 11.3 Å². The van der Waals surface area contributed by atoms with Crippen molar-refractivity contribution in [2.75, 3.05) is 6.54 Å². The monoisotopic (exact) mass is 283 g/mol. The Labute approximate surface area is 123 Å². The average molecular weight is 283 g/mol. The SMILES string of the molecule is O=C(NC[C@H]1C[C@@H]1c1cncnc1)OCc1ccccc1. The molecule has 5 heteroatoms. The summed E-state index contributed by atoms with van der Waals surface area (Å²) in [6.07, 6.45) is 5.90. The number of alkyl carbamates (subject to hydrolysis) is 1. The highest BCUT2D eigenvalue weighted by atomic mass is 16.5. The van der Waals surface area contributed by atoms with Crippen molar-refractivity contribution < 1.29 is 9.53 Å². The molecule has 3 rings (SSSR count). The number of aromatic nitrogens is 2. The maximum Gasteiger partial charge on any atom is 0.407 e. The summed E-state index contributed by atoms with van der Waals surface area (Å²) in [5, 5.41) is 2.81. The summed E-state index contributed by atoms with van der Waals surface area (Å²) in [5.74, 6) is 0.917. The molecule has 1 aliphatic carbocycles. The first-order valence-corrected chi connectivity index (χ1v) is 7.02. The van der Waals surface area contributed by atoms with Gasteiger partial charge in [0.2, 0.25) is 0 Å². The second-order valence-electron chi connectivity index (χ2n) is 5.22. The molecule has 2 atom stereocenters. The second kappa shape index (κ2) is 6.35. The molecule has 2 aromatic rings. The topological polar surface area (TPSA) is 64.1 Å². The molecular formula is C16H17N3O2. The zero-order valence-electron chi connectivity index (χ0n) is 11.6. The largest absolute Gasteiger partial charge is 0.445 e. The summed E-state index contributed by atoms with van der Waals surface area (Å²) in [5.41, 5.74) is 2.13. The average Bonchev–Trinajstić information content (AvgIpc) is 3.32. The summed E-state index contributed by atoms with van der Waals surface area (Å²) in [7, 11) is 0. The Kier molecular flexibility index (Phi) is 4.09. The van der Waals surface area contributed by atoms with Crippen LogP contribution in [0.3, 0.4) is 0 Å². The molecule has 1 aliphatic rings. The minimum atomic E-state index is -0.367. The van der Waals surface area contributed by atoms with Gasteiger partial charge in [0.25, 0.3) is 0 Å². The van der Waals surface area contributed by atoms with E-state index in [1.807, 2.05) is 42.7 Å². The molecular weight excluding hydrogens is 266 g/mol. The molecule has 1 aromatic carbocycles. The summed E-state index contributed by atoms with van der Waals surface area (Å²) < 4.78 is 5.17. The lowest BCUT2D eigenvalue weighted by atomic mass is 10.2. The predicted octanol–water partition coefficient (Wildman–Crippen LogP) is 2.51. The zero-order chi connectivity index (χ0) is 14.5. The maximum atomic E-state index is 11.6. The number of ether oxygens (including phenoxy) is 1. The summed E-state index contributed by atoms with van der Waals surface area (Å²) >= 11 is 0. The van der Waals surface area contributed by atoms with Crippen molar-refractivity contribution in [1.29, 1.82) is 0 Å². The molecule has 0 saturated heterocycles. The molecule has 1 heterocycles. The first-order valence-electron chi connectivity index (χ1n) is 7.02. The van der Waals surface area contributed by atoms with Crippen molar-refractivity contribution >= 4 is 6.09 Å². The molecule has 1 amide bonds. The normalized spacial score (nSPS) is 19.8. The van der Waals surface area contributed by atoms with Crippen LogP contribution in [0, 0.1) is 5.92 Å². The van der Waals surface area contributed by atoms with E-state index in [4.69, 9.17) is 4.74 Å². The summed E-state index contributed by atoms with van der Waals surface area (Å²) in [6, 6.07) is 9.64. The highest BCUT2D eigenvalue weighted by Gasteiger charge is 2.38. The van der Waals surface area contributed by atoms with Gasteiger partial charge in [-0.25, -0.2) is 14.8 Å². The molecule has 1 saturated carbocycles. The zero-order valence-corrected chi connectivity index (χ0v) is 11.6. The van der Waals surface area contributed by atoms with E-state index in [1.54, 1.807) is 0 Å². The van der Waals surface area contributed by atoms with Crippen LogP contribution in [0.25, 0.3) is 0 Å². The molecule has 108 valence electrons. The highest BCUT2D eigenvalue weighted by molar-refractivity contribution is 5.67. The first-order chi connectivity index (χ1) is 10.3.